The van der Waals surface area contributed by atoms with Crippen molar-refractivity contribution in [1.29, 1.82) is 0 Å². The van der Waals surface area contributed by atoms with Gasteiger partial charge in [0.25, 0.3) is 0 Å². The summed E-state index contributed by atoms with van der Waals surface area (Å²) in [7, 11) is 1.60. The van der Waals surface area contributed by atoms with Crippen LogP contribution < -0.4 is 10.1 Å². The second-order valence-corrected chi connectivity index (χ2v) is 5.31. The van der Waals surface area contributed by atoms with Gasteiger partial charge in [-0.2, -0.15) is 0 Å². The van der Waals surface area contributed by atoms with Gasteiger partial charge in [0, 0.05) is 13.2 Å². The molecular weight excluding hydrogens is 254 g/mol. The molecule has 1 rings (SSSR count). The topological polar surface area (TPSA) is 50.7 Å². The number of benzene rings is 1. The average Bonchev–Trinajstić information content (AvgIpc) is 2.39. The van der Waals surface area contributed by atoms with Crippen LogP contribution >= 0.6 is 0 Å². The standard InChI is InChI=1S/C16H27NO3/c1-12(2)20-16-7-5-14(6-8-16)13(3)17-10-9-15(18)11-19-4/h5-8,12-13,15,17-18H,9-11H2,1-4H3. The Balaban J connectivity index is 2.37. The van der Waals surface area contributed by atoms with Crippen molar-refractivity contribution in [3.8, 4) is 5.75 Å². The first-order chi connectivity index (χ1) is 9.52. The van der Waals surface area contributed by atoms with Crippen LogP contribution in [-0.2, 0) is 4.74 Å². The molecule has 2 N–H and O–H groups in total. The highest BCUT2D eigenvalue weighted by Gasteiger charge is 2.07. The van der Waals surface area contributed by atoms with E-state index in [4.69, 9.17) is 9.47 Å². The first-order valence-corrected chi connectivity index (χ1v) is 7.20. The molecule has 0 fully saturated rings. The molecule has 2 unspecified atom stereocenters. The van der Waals surface area contributed by atoms with E-state index in [1.165, 1.54) is 5.56 Å². The van der Waals surface area contributed by atoms with Crippen LogP contribution in [0, 0.1) is 0 Å². The highest BCUT2D eigenvalue weighted by molar-refractivity contribution is 5.29. The molecule has 1 aromatic carbocycles. The van der Waals surface area contributed by atoms with Crippen LogP contribution in [0.5, 0.6) is 5.75 Å². The lowest BCUT2D eigenvalue weighted by Crippen LogP contribution is -2.25. The van der Waals surface area contributed by atoms with Gasteiger partial charge in [-0.05, 0) is 51.4 Å². The minimum atomic E-state index is -0.401. The molecule has 0 aliphatic carbocycles. The number of ether oxygens (including phenoxy) is 2. The van der Waals surface area contributed by atoms with Crippen LogP contribution in [0.15, 0.2) is 24.3 Å². The lowest BCUT2D eigenvalue weighted by Gasteiger charge is -2.17. The van der Waals surface area contributed by atoms with Crippen molar-refractivity contribution < 1.29 is 14.6 Å². The number of nitrogens with one attached hydrogen (secondary N) is 1. The van der Waals surface area contributed by atoms with Crippen molar-refractivity contribution in [2.75, 3.05) is 20.3 Å². The molecule has 1 aromatic rings. The van der Waals surface area contributed by atoms with Gasteiger partial charge in [-0.25, -0.2) is 0 Å². The molecule has 0 radical (unpaired) electrons. The maximum absolute atomic E-state index is 9.57. The van der Waals surface area contributed by atoms with Crippen LogP contribution in [-0.4, -0.2) is 37.6 Å². The van der Waals surface area contributed by atoms with Crippen LogP contribution in [0.1, 0.15) is 38.8 Å². The van der Waals surface area contributed by atoms with Crippen molar-refractivity contribution in [3.63, 3.8) is 0 Å². The van der Waals surface area contributed by atoms with Gasteiger partial charge in [-0.1, -0.05) is 12.1 Å². The zero-order valence-corrected chi connectivity index (χ0v) is 12.9. The quantitative estimate of drug-likeness (QED) is 0.730. The fourth-order valence-corrected chi connectivity index (χ4v) is 1.97. The van der Waals surface area contributed by atoms with Crippen molar-refractivity contribution >= 4 is 0 Å². The third-order valence-corrected chi connectivity index (χ3v) is 3.04. The number of hydrogen-bond acceptors (Lipinski definition) is 4. The molecule has 0 spiro atoms. The maximum Gasteiger partial charge on any atom is 0.119 e. The van der Waals surface area contributed by atoms with Crippen molar-refractivity contribution in [1.82, 2.24) is 5.32 Å². The molecule has 0 aromatic heterocycles. The minimum absolute atomic E-state index is 0.193. The largest absolute Gasteiger partial charge is 0.491 e. The third kappa shape index (κ3) is 6.37. The highest BCUT2D eigenvalue weighted by atomic mass is 16.5. The Morgan fingerprint density at radius 1 is 1.15 bits per heavy atom. The van der Waals surface area contributed by atoms with E-state index in [0.29, 0.717) is 13.0 Å². The van der Waals surface area contributed by atoms with E-state index in [0.717, 1.165) is 12.3 Å². The summed E-state index contributed by atoms with van der Waals surface area (Å²) in [4.78, 5) is 0. The van der Waals surface area contributed by atoms with Gasteiger partial charge in [-0.3, -0.25) is 0 Å². The van der Waals surface area contributed by atoms with E-state index in [2.05, 4.69) is 24.4 Å². The predicted octanol–water partition coefficient (Wildman–Crippen LogP) is 2.52. The van der Waals surface area contributed by atoms with Gasteiger partial charge in [0.05, 0.1) is 18.8 Å². The van der Waals surface area contributed by atoms with Crippen molar-refractivity contribution in [2.24, 2.45) is 0 Å². The molecule has 0 saturated heterocycles. The fourth-order valence-electron chi connectivity index (χ4n) is 1.97. The Kier molecular flexibility index (Phi) is 7.59. The van der Waals surface area contributed by atoms with Crippen LogP contribution in [0.25, 0.3) is 0 Å². The maximum atomic E-state index is 9.57. The number of aliphatic hydroxyl groups is 1. The molecule has 0 heterocycles. The monoisotopic (exact) mass is 281 g/mol. The van der Waals surface area contributed by atoms with E-state index < -0.39 is 6.10 Å². The Morgan fingerprint density at radius 3 is 2.35 bits per heavy atom. The number of methoxy groups -OCH3 is 1. The van der Waals surface area contributed by atoms with Gasteiger partial charge < -0.3 is 19.9 Å². The first-order valence-electron chi connectivity index (χ1n) is 7.20. The Morgan fingerprint density at radius 2 is 1.80 bits per heavy atom. The van der Waals surface area contributed by atoms with Gasteiger partial charge in [0.2, 0.25) is 0 Å². The molecule has 0 saturated carbocycles. The molecule has 0 aliphatic heterocycles. The van der Waals surface area contributed by atoms with Crippen LogP contribution in [0.4, 0.5) is 0 Å². The lowest BCUT2D eigenvalue weighted by atomic mass is 10.1. The lowest BCUT2D eigenvalue weighted by molar-refractivity contribution is 0.0590. The SMILES string of the molecule is COCC(O)CCNC(C)c1ccc(OC(C)C)cc1. The van der Waals surface area contributed by atoms with E-state index in [1.54, 1.807) is 7.11 Å². The smallest absolute Gasteiger partial charge is 0.119 e. The average molecular weight is 281 g/mol. The van der Waals surface area contributed by atoms with Gasteiger partial charge >= 0.3 is 0 Å². The molecule has 4 nitrogen and oxygen atoms in total. The Labute approximate surface area is 122 Å². The summed E-state index contributed by atoms with van der Waals surface area (Å²) < 4.78 is 10.5. The molecule has 0 bridgehead atoms. The summed E-state index contributed by atoms with van der Waals surface area (Å²) in [5, 5.41) is 13.0. The number of hydrogen-bond donors (Lipinski definition) is 2. The predicted molar refractivity (Wildman–Crippen MR) is 81.1 cm³/mol. The van der Waals surface area contributed by atoms with Crippen molar-refractivity contribution in [2.45, 2.75) is 45.4 Å². The number of aliphatic hydroxyl groups excluding tert-OH is 1. The number of rotatable bonds is 9. The van der Waals surface area contributed by atoms with E-state index >= 15 is 0 Å². The van der Waals surface area contributed by atoms with E-state index in [9.17, 15) is 5.11 Å². The van der Waals surface area contributed by atoms with Crippen LogP contribution in [0.3, 0.4) is 0 Å². The Hall–Kier alpha value is -1.10. The molecule has 2 atom stereocenters. The summed E-state index contributed by atoms with van der Waals surface area (Å²) in [6.45, 7) is 7.29. The molecule has 0 amide bonds. The van der Waals surface area contributed by atoms with Gasteiger partial charge in [0.1, 0.15) is 5.75 Å². The molecular formula is C16H27NO3. The van der Waals surface area contributed by atoms with Crippen LogP contribution in [0.2, 0.25) is 0 Å². The second-order valence-electron chi connectivity index (χ2n) is 5.31. The molecule has 0 aliphatic rings. The third-order valence-electron chi connectivity index (χ3n) is 3.04. The summed E-state index contributed by atoms with van der Waals surface area (Å²) in [6.07, 6.45) is 0.479. The highest BCUT2D eigenvalue weighted by Crippen LogP contribution is 2.18. The van der Waals surface area contributed by atoms with Gasteiger partial charge in [0.15, 0.2) is 0 Å². The summed E-state index contributed by atoms with van der Waals surface area (Å²) in [5.41, 5.74) is 1.21. The van der Waals surface area contributed by atoms with E-state index in [-0.39, 0.29) is 12.1 Å². The zero-order valence-electron chi connectivity index (χ0n) is 12.9. The van der Waals surface area contributed by atoms with Crippen molar-refractivity contribution in [3.05, 3.63) is 29.8 Å². The van der Waals surface area contributed by atoms with Gasteiger partial charge in [-0.15, -0.1) is 0 Å². The van der Waals surface area contributed by atoms with E-state index in [1.807, 2.05) is 26.0 Å². The summed E-state index contributed by atoms with van der Waals surface area (Å²) >= 11 is 0. The first kappa shape index (κ1) is 17.0. The fraction of sp³-hybridized carbons (Fsp3) is 0.625. The normalized spacial score (nSPS) is 14.3. The summed E-state index contributed by atoms with van der Waals surface area (Å²) in [6, 6.07) is 8.38. The molecule has 114 valence electrons. The second kappa shape index (κ2) is 8.95. The summed E-state index contributed by atoms with van der Waals surface area (Å²) in [5.74, 6) is 0.895. The zero-order chi connectivity index (χ0) is 15.0. The minimum Gasteiger partial charge on any atom is -0.491 e. The molecule has 4 heteroatoms. The Bertz CT molecular complexity index is 364. The molecule has 20 heavy (non-hydrogen) atoms.